The summed E-state index contributed by atoms with van der Waals surface area (Å²) in [6.45, 7) is 3.31. The molecule has 8 nitrogen and oxygen atoms in total. The Bertz CT molecular complexity index is 677. The molecular weight excluding hydrogens is 324 g/mol. The quantitative estimate of drug-likeness (QED) is 0.727. The van der Waals surface area contributed by atoms with Crippen molar-refractivity contribution in [3.63, 3.8) is 0 Å². The van der Waals surface area contributed by atoms with Crippen molar-refractivity contribution in [3.8, 4) is 0 Å². The lowest BCUT2D eigenvalue weighted by Gasteiger charge is -2.11. The molecule has 130 valence electrons. The van der Waals surface area contributed by atoms with Crippen LogP contribution in [-0.2, 0) is 14.8 Å². The van der Waals surface area contributed by atoms with Crippen molar-refractivity contribution in [3.05, 3.63) is 17.4 Å². The van der Waals surface area contributed by atoms with E-state index in [1.165, 1.54) is 21.0 Å². The first kappa shape index (κ1) is 19.2. The number of aryl methyl sites for hydroxylation is 1. The second kappa shape index (κ2) is 7.60. The molecule has 2 N–H and O–H groups in total. The Labute approximate surface area is 135 Å². The maximum atomic E-state index is 12.1. The number of furan rings is 1. The minimum atomic E-state index is -3.77. The summed E-state index contributed by atoms with van der Waals surface area (Å²) >= 11 is 0. The molecule has 1 atom stereocenters. The highest BCUT2D eigenvalue weighted by molar-refractivity contribution is 7.88. The highest BCUT2D eigenvalue weighted by atomic mass is 32.2. The molecule has 0 radical (unpaired) electrons. The first-order valence-corrected chi connectivity index (χ1v) is 8.59. The Morgan fingerprint density at radius 2 is 2.00 bits per heavy atom. The number of nitrogens with one attached hydrogen (secondary N) is 1. The Hall–Kier alpha value is -1.87. The zero-order valence-corrected chi connectivity index (χ0v) is 14.4. The molecule has 9 heteroatoms. The first-order chi connectivity index (χ1) is 10.6. The Kier molecular flexibility index (Phi) is 6.34. The molecule has 23 heavy (non-hydrogen) atoms. The third-order valence-corrected chi connectivity index (χ3v) is 5.04. The number of hydrogen-bond acceptors (Lipinski definition) is 5. The van der Waals surface area contributed by atoms with Crippen LogP contribution in [-0.4, -0.2) is 50.3 Å². The molecule has 0 bridgehead atoms. The smallest absolute Gasteiger partial charge is 0.308 e. The molecule has 0 saturated heterocycles. The van der Waals surface area contributed by atoms with Gasteiger partial charge in [-0.2, -0.15) is 0 Å². The van der Waals surface area contributed by atoms with Crippen molar-refractivity contribution in [2.24, 2.45) is 5.92 Å². The normalized spacial score (nSPS) is 13.1. The monoisotopic (exact) mass is 346 g/mol. The van der Waals surface area contributed by atoms with E-state index in [1.54, 1.807) is 0 Å². The maximum Gasteiger partial charge on any atom is 0.308 e. The fourth-order valence-corrected chi connectivity index (χ4v) is 2.82. The van der Waals surface area contributed by atoms with Gasteiger partial charge in [0.1, 0.15) is 5.76 Å². The average Bonchev–Trinajstić information content (AvgIpc) is 2.85. The highest BCUT2D eigenvalue weighted by Crippen LogP contribution is 2.21. The van der Waals surface area contributed by atoms with Crippen LogP contribution in [0.5, 0.6) is 0 Å². The summed E-state index contributed by atoms with van der Waals surface area (Å²) in [6.07, 6.45) is 1.13. The molecule has 0 fully saturated rings. The summed E-state index contributed by atoms with van der Waals surface area (Å²) in [5.74, 6) is -2.06. The van der Waals surface area contributed by atoms with Crippen LogP contribution in [0.4, 0.5) is 0 Å². The molecule has 1 heterocycles. The fourth-order valence-electron chi connectivity index (χ4n) is 1.96. The minimum absolute atomic E-state index is 0.0254. The molecule has 0 spiro atoms. The van der Waals surface area contributed by atoms with Gasteiger partial charge in [0.25, 0.3) is 15.9 Å². The Morgan fingerprint density at radius 1 is 1.39 bits per heavy atom. The van der Waals surface area contributed by atoms with Gasteiger partial charge < -0.3 is 14.8 Å². The summed E-state index contributed by atoms with van der Waals surface area (Å²) in [5, 5.41) is 11.2. The van der Waals surface area contributed by atoms with Crippen LogP contribution < -0.4 is 5.32 Å². The minimum Gasteiger partial charge on any atom is -0.481 e. The molecule has 1 aromatic heterocycles. The van der Waals surface area contributed by atoms with Crippen LogP contribution in [0.3, 0.4) is 0 Å². The van der Waals surface area contributed by atoms with E-state index in [1.807, 2.05) is 6.92 Å². The van der Waals surface area contributed by atoms with Crippen LogP contribution in [0.2, 0.25) is 0 Å². The van der Waals surface area contributed by atoms with Crippen molar-refractivity contribution in [2.45, 2.75) is 31.8 Å². The van der Waals surface area contributed by atoms with Gasteiger partial charge in [-0.1, -0.05) is 13.3 Å². The van der Waals surface area contributed by atoms with E-state index in [0.29, 0.717) is 12.8 Å². The summed E-state index contributed by atoms with van der Waals surface area (Å²) in [7, 11) is -1.06. The second-order valence-corrected chi connectivity index (χ2v) is 7.44. The molecule has 0 aliphatic carbocycles. The molecule has 1 aromatic rings. The van der Waals surface area contributed by atoms with Crippen LogP contribution in [0, 0.1) is 12.8 Å². The molecule has 1 rings (SSSR count). The highest BCUT2D eigenvalue weighted by Gasteiger charge is 2.26. The molecular formula is C14H22N2O6S. The molecule has 0 aliphatic heterocycles. The Morgan fingerprint density at radius 3 is 2.48 bits per heavy atom. The van der Waals surface area contributed by atoms with Crippen LogP contribution in [0.25, 0.3) is 0 Å². The van der Waals surface area contributed by atoms with Crippen molar-refractivity contribution < 1.29 is 27.5 Å². The van der Waals surface area contributed by atoms with Gasteiger partial charge in [-0.3, -0.25) is 9.59 Å². The van der Waals surface area contributed by atoms with Crippen LogP contribution >= 0.6 is 0 Å². The van der Waals surface area contributed by atoms with Gasteiger partial charge in [0.2, 0.25) is 5.09 Å². The summed E-state index contributed by atoms with van der Waals surface area (Å²) in [4.78, 5) is 23.2. The number of aliphatic carboxylic acids is 1. The number of nitrogens with zero attached hydrogens (tertiary/aromatic N) is 1. The van der Waals surface area contributed by atoms with E-state index in [0.717, 1.165) is 10.4 Å². The first-order valence-electron chi connectivity index (χ1n) is 7.15. The van der Waals surface area contributed by atoms with Crippen molar-refractivity contribution in [1.82, 2.24) is 9.62 Å². The van der Waals surface area contributed by atoms with Gasteiger partial charge in [0, 0.05) is 26.7 Å². The number of carbonyl (C=O) groups excluding carboxylic acids is 1. The largest absolute Gasteiger partial charge is 0.481 e. The van der Waals surface area contributed by atoms with Crippen LogP contribution in [0.1, 0.15) is 35.9 Å². The average molecular weight is 346 g/mol. The van der Waals surface area contributed by atoms with E-state index in [2.05, 4.69) is 5.32 Å². The molecule has 1 amide bonds. The Balaban J connectivity index is 2.90. The van der Waals surface area contributed by atoms with Crippen molar-refractivity contribution in [1.29, 1.82) is 0 Å². The van der Waals surface area contributed by atoms with Crippen molar-refractivity contribution >= 4 is 21.9 Å². The zero-order chi connectivity index (χ0) is 17.8. The van der Waals surface area contributed by atoms with E-state index in [4.69, 9.17) is 9.52 Å². The zero-order valence-electron chi connectivity index (χ0n) is 13.6. The standard InChI is InChI=1S/C14H22N2O6S/c1-5-6-10(14(18)19)8-15-13(17)11-7-12(22-9(11)2)23(20,21)16(3)4/h7,10H,5-6,8H2,1-4H3,(H,15,17)(H,18,19). The van der Waals surface area contributed by atoms with Crippen LogP contribution in [0.15, 0.2) is 15.6 Å². The number of amides is 1. The van der Waals surface area contributed by atoms with Gasteiger partial charge in [-0.25, -0.2) is 12.7 Å². The lowest BCUT2D eigenvalue weighted by atomic mass is 10.0. The van der Waals surface area contributed by atoms with E-state index in [-0.39, 0.29) is 23.0 Å². The number of carboxylic acid groups (broad SMARTS) is 1. The van der Waals surface area contributed by atoms with Gasteiger partial charge in [-0.05, 0) is 13.3 Å². The van der Waals surface area contributed by atoms with Gasteiger partial charge in [-0.15, -0.1) is 0 Å². The SMILES string of the molecule is CCCC(CNC(=O)c1cc(S(=O)(=O)N(C)C)oc1C)C(=O)O. The third kappa shape index (κ3) is 4.55. The van der Waals surface area contributed by atoms with Gasteiger partial charge in [0.15, 0.2) is 0 Å². The predicted octanol–water partition coefficient (Wildman–Crippen LogP) is 1.07. The fraction of sp³-hybridized carbons (Fsp3) is 0.571. The summed E-state index contributed by atoms with van der Waals surface area (Å²) in [5.41, 5.74) is 0.0751. The van der Waals surface area contributed by atoms with E-state index < -0.39 is 27.8 Å². The van der Waals surface area contributed by atoms with Gasteiger partial charge in [0.05, 0.1) is 11.5 Å². The number of carboxylic acids is 1. The number of rotatable bonds is 8. The third-order valence-electron chi connectivity index (χ3n) is 3.37. The van der Waals surface area contributed by atoms with Gasteiger partial charge >= 0.3 is 5.97 Å². The molecule has 0 aromatic carbocycles. The molecule has 0 aliphatic rings. The molecule has 0 saturated carbocycles. The van der Waals surface area contributed by atoms with E-state index in [9.17, 15) is 18.0 Å². The number of sulfonamides is 1. The lowest BCUT2D eigenvalue weighted by Crippen LogP contribution is -2.33. The summed E-state index contributed by atoms with van der Waals surface area (Å²) in [6, 6.07) is 1.15. The number of hydrogen-bond donors (Lipinski definition) is 2. The lowest BCUT2D eigenvalue weighted by molar-refractivity contribution is -0.141. The predicted molar refractivity (Wildman–Crippen MR) is 82.7 cm³/mol. The maximum absolute atomic E-state index is 12.1. The van der Waals surface area contributed by atoms with E-state index >= 15 is 0 Å². The van der Waals surface area contributed by atoms with Crippen molar-refractivity contribution in [2.75, 3.05) is 20.6 Å². The summed E-state index contributed by atoms with van der Waals surface area (Å²) < 4.78 is 30.1. The molecule has 1 unspecified atom stereocenters. The second-order valence-electron chi connectivity index (χ2n) is 5.36. The topological polar surface area (TPSA) is 117 Å². The number of carbonyl (C=O) groups is 2.